The van der Waals surface area contributed by atoms with Crippen molar-refractivity contribution in [3.05, 3.63) is 5.82 Å². The van der Waals surface area contributed by atoms with Gasteiger partial charge in [-0.05, 0) is 48.4 Å². The third-order valence-electron chi connectivity index (χ3n) is 6.16. The van der Waals surface area contributed by atoms with E-state index in [1.807, 2.05) is 4.90 Å². The molecule has 1 saturated heterocycles. The maximum absolute atomic E-state index is 4.41. The fourth-order valence-corrected chi connectivity index (χ4v) is 4.64. The van der Waals surface area contributed by atoms with Gasteiger partial charge in [0.05, 0.1) is 6.04 Å². The molecule has 136 valence electrons. The van der Waals surface area contributed by atoms with E-state index in [9.17, 15) is 0 Å². The van der Waals surface area contributed by atoms with Crippen LogP contribution in [0.1, 0.15) is 71.2 Å². The van der Waals surface area contributed by atoms with Crippen molar-refractivity contribution in [1.29, 1.82) is 0 Å². The van der Waals surface area contributed by atoms with Crippen molar-refractivity contribution in [3.63, 3.8) is 0 Å². The average molecular weight is 337 g/mol. The molecule has 24 heavy (non-hydrogen) atoms. The van der Waals surface area contributed by atoms with Crippen LogP contribution in [0.15, 0.2) is 0 Å². The van der Waals surface area contributed by atoms with E-state index in [1.165, 1.54) is 51.9 Å². The lowest BCUT2D eigenvalue weighted by molar-refractivity contribution is -1.04. The van der Waals surface area contributed by atoms with Crippen LogP contribution in [0, 0.1) is 5.92 Å². The lowest BCUT2D eigenvalue weighted by Crippen LogP contribution is -3.29. The van der Waals surface area contributed by atoms with Crippen LogP contribution in [0.2, 0.25) is 0 Å². The van der Waals surface area contributed by atoms with Crippen LogP contribution in [-0.4, -0.2) is 52.4 Å². The van der Waals surface area contributed by atoms with Gasteiger partial charge < -0.3 is 9.80 Å². The van der Waals surface area contributed by atoms with E-state index in [0.717, 1.165) is 31.3 Å². The molecule has 2 fully saturated rings. The Balaban J connectivity index is 1.59. The summed E-state index contributed by atoms with van der Waals surface area (Å²) in [6.45, 7) is 12.9. The van der Waals surface area contributed by atoms with Crippen molar-refractivity contribution in [3.8, 4) is 0 Å². The molecule has 0 unspecified atom stereocenters. The molecule has 1 atom stereocenters. The Hall–Kier alpha value is -1.01. The van der Waals surface area contributed by atoms with Crippen molar-refractivity contribution in [2.75, 3.05) is 26.2 Å². The minimum Gasteiger partial charge on any atom is -0.323 e. The molecule has 1 aromatic rings. The van der Waals surface area contributed by atoms with Gasteiger partial charge in [-0.3, -0.25) is 0 Å². The smallest absolute Gasteiger partial charge is 0.209 e. The Morgan fingerprint density at radius 2 is 1.83 bits per heavy atom. The molecule has 1 aromatic heterocycles. The Labute approximate surface area is 146 Å². The molecule has 0 aromatic carbocycles. The van der Waals surface area contributed by atoms with E-state index < -0.39 is 0 Å². The van der Waals surface area contributed by atoms with Crippen LogP contribution >= 0.6 is 0 Å². The first-order valence-corrected chi connectivity index (χ1v) is 10.1. The fourth-order valence-electron chi connectivity index (χ4n) is 4.64. The summed E-state index contributed by atoms with van der Waals surface area (Å²) in [5.74, 6) is 1.80. The minimum atomic E-state index is 0.456. The second kappa shape index (κ2) is 8.39. The molecule has 3 rings (SSSR count). The SMILES string of the molecule is CC[C@H](c1nnnn1CCC(C)C)[NH+]1CC[NH+](C2CCCC2)CC1. The van der Waals surface area contributed by atoms with Gasteiger partial charge in [0.2, 0.25) is 5.82 Å². The quantitative estimate of drug-likeness (QED) is 0.731. The summed E-state index contributed by atoms with van der Waals surface area (Å²) < 4.78 is 2.07. The van der Waals surface area contributed by atoms with E-state index in [4.69, 9.17) is 0 Å². The predicted octanol–water partition coefficient (Wildman–Crippen LogP) is -0.104. The molecule has 0 bridgehead atoms. The number of aromatic nitrogens is 4. The lowest BCUT2D eigenvalue weighted by Gasteiger charge is -2.36. The lowest BCUT2D eigenvalue weighted by atomic mass is 10.1. The van der Waals surface area contributed by atoms with Gasteiger partial charge in [0, 0.05) is 13.0 Å². The predicted molar refractivity (Wildman–Crippen MR) is 94.0 cm³/mol. The highest BCUT2D eigenvalue weighted by Gasteiger charge is 2.36. The summed E-state index contributed by atoms with van der Waals surface area (Å²) >= 11 is 0. The number of hydrogen-bond acceptors (Lipinski definition) is 3. The molecule has 2 N–H and O–H groups in total. The fraction of sp³-hybridized carbons (Fsp3) is 0.944. The number of tetrazole rings is 1. The third-order valence-corrected chi connectivity index (χ3v) is 6.16. The van der Waals surface area contributed by atoms with Crippen molar-refractivity contribution in [1.82, 2.24) is 20.2 Å². The Kier molecular flexibility index (Phi) is 6.22. The molecule has 1 saturated carbocycles. The summed E-state index contributed by atoms with van der Waals surface area (Å²) in [4.78, 5) is 3.56. The van der Waals surface area contributed by atoms with E-state index in [0.29, 0.717) is 12.0 Å². The molecule has 1 aliphatic carbocycles. The zero-order valence-corrected chi connectivity index (χ0v) is 15.8. The van der Waals surface area contributed by atoms with Gasteiger partial charge in [-0.2, -0.15) is 0 Å². The Morgan fingerprint density at radius 1 is 1.12 bits per heavy atom. The normalized spacial score (nSPS) is 27.0. The first-order chi connectivity index (χ1) is 11.7. The van der Waals surface area contributed by atoms with E-state index in [2.05, 4.69) is 41.0 Å². The van der Waals surface area contributed by atoms with Crippen LogP contribution < -0.4 is 9.80 Å². The monoisotopic (exact) mass is 336 g/mol. The van der Waals surface area contributed by atoms with Crippen molar-refractivity contribution in [2.24, 2.45) is 5.92 Å². The number of nitrogens with one attached hydrogen (secondary N) is 2. The van der Waals surface area contributed by atoms with Crippen LogP contribution in [-0.2, 0) is 6.54 Å². The second-order valence-corrected chi connectivity index (χ2v) is 8.20. The minimum absolute atomic E-state index is 0.456. The zero-order valence-electron chi connectivity index (χ0n) is 15.8. The molecule has 2 aliphatic rings. The van der Waals surface area contributed by atoms with Crippen LogP contribution in [0.25, 0.3) is 0 Å². The molecule has 0 amide bonds. The number of aryl methyl sites for hydroxylation is 1. The van der Waals surface area contributed by atoms with Gasteiger partial charge in [-0.1, -0.05) is 20.8 Å². The molecule has 6 nitrogen and oxygen atoms in total. The number of nitrogens with zero attached hydrogens (tertiary/aromatic N) is 4. The highest BCUT2D eigenvalue weighted by Crippen LogP contribution is 2.15. The topological polar surface area (TPSA) is 52.5 Å². The summed E-state index contributed by atoms with van der Waals surface area (Å²) in [7, 11) is 0. The molecular formula is C18H36N6+2. The van der Waals surface area contributed by atoms with Gasteiger partial charge in [0.1, 0.15) is 32.2 Å². The Bertz CT molecular complexity index is 485. The van der Waals surface area contributed by atoms with E-state index in [-0.39, 0.29) is 0 Å². The van der Waals surface area contributed by atoms with Crippen LogP contribution in [0.5, 0.6) is 0 Å². The standard InChI is InChI=1S/C18H34N6/c1-4-17(18-19-20-21-24(18)10-9-15(2)3)23-13-11-22(12-14-23)16-7-5-6-8-16/h15-17H,4-14H2,1-3H3/p+2/t17-/m1/s1. The maximum Gasteiger partial charge on any atom is 0.209 e. The number of rotatable bonds is 7. The largest absolute Gasteiger partial charge is 0.323 e. The molecular weight excluding hydrogens is 300 g/mol. The van der Waals surface area contributed by atoms with Crippen molar-refractivity contribution < 1.29 is 9.80 Å². The van der Waals surface area contributed by atoms with Crippen molar-refractivity contribution >= 4 is 0 Å². The number of piperazine rings is 1. The maximum atomic E-state index is 4.41. The van der Waals surface area contributed by atoms with Gasteiger partial charge in [-0.15, -0.1) is 5.10 Å². The first kappa shape index (κ1) is 17.8. The summed E-state index contributed by atoms with van der Waals surface area (Å²) in [6.07, 6.45) is 8.07. The molecule has 1 aliphatic heterocycles. The van der Waals surface area contributed by atoms with Crippen molar-refractivity contribution in [2.45, 2.75) is 77.9 Å². The Morgan fingerprint density at radius 3 is 2.46 bits per heavy atom. The van der Waals surface area contributed by atoms with Gasteiger partial charge in [-0.25, -0.2) is 4.68 Å². The van der Waals surface area contributed by atoms with Gasteiger partial charge in [0.15, 0.2) is 0 Å². The molecule has 0 spiro atoms. The summed E-state index contributed by atoms with van der Waals surface area (Å²) in [5.41, 5.74) is 0. The van der Waals surface area contributed by atoms with Crippen LogP contribution in [0.3, 0.4) is 0 Å². The highest BCUT2D eigenvalue weighted by atomic mass is 15.6. The van der Waals surface area contributed by atoms with Gasteiger partial charge >= 0.3 is 0 Å². The second-order valence-electron chi connectivity index (χ2n) is 8.20. The molecule has 0 radical (unpaired) electrons. The summed E-state index contributed by atoms with van der Waals surface area (Å²) in [5, 5.41) is 12.7. The third kappa shape index (κ3) is 4.14. The highest BCUT2D eigenvalue weighted by molar-refractivity contribution is 4.87. The molecule has 6 heteroatoms. The number of quaternary nitrogens is 2. The van der Waals surface area contributed by atoms with Gasteiger partial charge in [0.25, 0.3) is 0 Å². The average Bonchev–Trinajstić information content (AvgIpc) is 3.26. The van der Waals surface area contributed by atoms with Crippen LogP contribution in [0.4, 0.5) is 0 Å². The van der Waals surface area contributed by atoms with E-state index >= 15 is 0 Å². The number of hydrogen-bond donors (Lipinski definition) is 2. The first-order valence-electron chi connectivity index (χ1n) is 10.1. The zero-order chi connectivity index (χ0) is 16.9. The van der Waals surface area contributed by atoms with E-state index in [1.54, 1.807) is 4.90 Å². The molecule has 2 heterocycles. The summed E-state index contributed by atoms with van der Waals surface area (Å²) in [6, 6.07) is 1.40.